The molecule has 10 heteroatoms. The lowest BCUT2D eigenvalue weighted by atomic mass is 10.0. The van der Waals surface area contributed by atoms with Gasteiger partial charge in [-0.15, -0.1) is 0 Å². The fourth-order valence-corrected chi connectivity index (χ4v) is 7.03. The summed E-state index contributed by atoms with van der Waals surface area (Å²) in [5.74, 6) is -0.965. The third kappa shape index (κ3) is 8.25. The quantitative estimate of drug-likeness (QED) is 0.179. The first-order valence-corrected chi connectivity index (χ1v) is 16.8. The van der Waals surface area contributed by atoms with Gasteiger partial charge in [-0.25, -0.2) is 8.42 Å². The Kier molecular flexibility index (Phi) is 11.3. The van der Waals surface area contributed by atoms with Crippen LogP contribution >= 0.6 is 23.2 Å². The van der Waals surface area contributed by atoms with Crippen LogP contribution < -0.4 is 9.62 Å². The molecule has 45 heavy (non-hydrogen) atoms. The minimum atomic E-state index is -4.21. The van der Waals surface area contributed by atoms with Crippen molar-refractivity contribution in [3.63, 3.8) is 0 Å². The molecule has 0 spiro atoms. The zero-order valence-electron chi connectivity index (χ0n) is 25.8. The maximum atomic E-state index is 14.6. The molecule has 2 amide bonds. The van der Waals surface area contributed by atoms with Gasteiger partial charge in [-0.1, -0.05) is 89.4 Å². The average molecular weight is 667 g/mol. The van der Waals surface area contributed by atoms with Gasteiger partial charge in [0.1, 0.15) is 12.6 Å². The van der Waals surface area contributed by atoms with Crippen molar-refractivity contribution in [3.8, 4) is 0 Å². The van der Waals surface area contributed by atoms with Gasteiger partial charge in [0.2, 0.25) is 11.8 Å². The fraction of sp³-hybridized carbons (Fsp3) is 0.257. The van der Waals surface area contributed by atoms with E-state index in [1.54, 1.807) is 50.2 Å². The molecule has 0 aliphatic heterocycles. The molecule has 0 bridgehead atoms. The number of aryl methyl sites for hydroxylation is 3. The summed E-state index contributed by atoms with van der Waals surface area (Å²) < 4.78 is 29.7. The van der Waals surface area contributed by atoms with Crippen molar-refractivity contribution in [1.29, 1.82) is 0 Å². The molecule has 0 saturated carbocycles. The second-order valence-corrected chi connectivity index (χ2v) is 13.6. The third-order valence-corrected chi connectivity index (χ3v) is 10.0. The molecule has 0 aromatic heterocycles. The van der Waals surface area contributed by atoms with Crippen LogP contribution in [0.25, 0.3) is 0 Å². The summed E-state index contributed by atoms with van der Waals surface area (Å²) in [7, 11) is -4.21. The summed E-state index contributed by atoms with van der Waals surface area (Å²) in [4.78, 5) is 29.7. The number of amides is 2. The Balaban J connectivity index is 1.86. The average Bonchev–Trinajstić information content (AvgIpc) is 3.01. The number of rotatable bonds is 12. The largest absolute Gasteiger partial charge is 0.355 e. The first-order valence-electron chi connectivity index (χ1n) is 14.6. The second-order valence-electron chi connectivity index (χ2n) is 10.9. The van der Waals surface area contributed by atoms with E-state index < -0.39 is 28.5 Å². The van der Waals surface area contributed by atoms with Crippen LogP contribution in [0.1, 0.15) is 34.7 Å². The number of likely N-dealkylation sites (N-methyl/N-ethyl adjacent to an activating group) is 1. The molecular formula is C35H37Cl2N3O4S. The van der Waals surface area contributed by atoms with Crippen molar-refractivity contribution in [1.82, 2.24) is 10.2 Å². The van der Waals surface area contributed by atoms with E-state index >= 15 is 0 Å². The van der Waals surface area contributed by atoms with E-state index in [1.807, 2.05) is 56.3 Å². The van der Waals surface area contributed by atoms with Gasteiger partial charge in [0.15, 0.2) is 0 Å². The van der Waals surface area contributed by atoms with Gasteiger partial charge in [-0.2, -0.15) is 0 Å². The number of benzene rings is 4. The van der Waals surface area contributed by atoms with Gasteiger partial charge in [-0.05, 0) is 74.7 Å². The minimum absolute atomic E-state index is 0.0482. The minimum Gasteiger partial charge on any atom is -0.355 e. The lowest BCUT2D eigenvalue weighted by Gasteiger charge is -2.34. The van der Waals surface area contributed by atoms with Crippen LogP contribution in [0, 0.1) is 20.8 Å². The molecule has 0 fully saturated rings. The van der Waals surface area contributed by atoms with Gasteiger partial charge in [0, 0.05) is 35.1 Å². The highest BCUT2D eigenvalue weighted by molar-refractivity contribution is 7.92. The highest BCUT2D eigenvalue weighted by Gasteiger charge is 2.35. The molecule has 0 saturated heterocycles. The SMILES string of the molecule is CCNC(=O)[C@H](Cc1ccccc1)N(Cc1c(Cl)cccc1Cl)C(=O)CN(c1cc(C)ccc1C)S(=O)(=O)c1ccc(C)cc1. The maximum Gasteiger partial charge on any atom is 0.264 e. The molecule has 1 N–H and O–H groups in total. The first kappa shape index (κ1) is 34.0. The Hall–Kier alpha value is -3.85. The summed E-state index contributed by atoms with van der Waals surface area (Å²) in [5.41, 5.74) is 4.06. The summed E-state index contributed by atoms with van der Waals surface area (Å²) in [6.45, 7) is 6.99. The molecule has 236 valence electrons. The Morgan fingerprint density at radius 1 is 0.822 bits per heavy atom. The summed E-state index contributed by atoms with van der Waals surface area (Å²) in [5, 5.41) is 3.50. The molecular weight excluding hydrogens is 629 g/mol. The van der Waals surface area contributed by atoms with Crippen LogP contribution in [0.15, 0.2) is 95.9 Å². The van der Waals surface area contributed by atoms with Gasteiger partial charge >= 0.3 is 0 Å². The standard InChI is InChI=1S/C35H37Cl2N3O4S/c1-5-38-35(42)33(21-27-10-7-6-8-11-27)39(22-29-30(36)12-9-13-31(29)37)34(41)23-40(32-20-25(3)14-17-26(32)4)45(43,44)28-18-15-24(2)16-19-28/h6-20,33H,5,21-23H2,1-4H3,(H,38,42)/t33-/m0/s1. The third-order valence-electron chi connectivity index (χ3n) is 7.53. The van der Waals surface area contributed by atoms with Gasteiger partial charge in [0.25, 0.3) is 10.0 Å². The molecule has 4 rings (SSSR count). The van der Waals surface area contributed by atoms with E-state index in [1.165, 1.54) is 17.0 Å². The van der Waals surface area contributed by atoms with Crippen LogP contribution in [0.5, 0.6) is 0 Å². The Morgan fingerprint density at radius 3 is 2.07 bits per heavy atom. The van der Waals surface area contributed by atoms with Crippen LogP contribution in [0.3, 0.4) is 0 Å². The summed E-state index contributed by atoms with van der Waals surface area (Å²) >= 11 is 13.1. The number of sulfonamides is 1. The van der Waals surface area contributed by atoms with Crippen LogP contribution in [-0.2, 0) is 32.6 Å². The Morgan fingerprint density at radius 2 is 1.44 bits per heavy atom. The van der Waals surface area contributed by atoms with E-state index in [0.717, 1.165) is 21.0 Å². The first-order chi connectivity index (χ1) is 21.4. The van der Waals surface area contributed by atoms with Crippen molar-refractivity contribution >= 4 is 50.7 Å². The van der Waals surface area contributed by atoms with Gasteiger partial charge in [-0.3, -0.25) is 13.9 Å². The topological polar surface area (TPSA) is 86.8 Å². The lowest BCUT2D eigenvalue weighted by Crippen LogP contribution is -2.53. The molecule has 4 aromatic rings. The number of hydrogen-bond acceptors (Lipinski definition) is 4. The number of halogens is 2. The van der Waals surface area contributed by atoms with E-state index in [2.05, 4.69) is 5.32 Å². The van der Waals surface area contributed by atoms with Crippen LogP contribution in [0.4, 0.5) is 5.69 Å². The number of hydrogen-bond donors (Lipinski definition) is 1. The molecule has 0 heterocycles. The number of nitrogens with one attached hydrogen (secondary N) is 1. The number of anilines is 1. The normalized spacial score (nSPS) is 12.0. The van der Waals surface area contributed by atoms with E-state index in [-0.39, 0.29) is 23.8 Å². The zero-order chi connectivity index (χ0) is 32.7. The second kappa shape index (κ2) is 15.0. The van der Waals surface area contributed by atoms with Crippen molar-refractivity contribution in [3.05, 3.63) is 129 Å². The Bertz CT molecular complexity index is 1740. The lowest BCUT2D eigenvalue weighted by molar-refractivity contribution is -0.140. The van der Waals surface area contributed by atoms with Crippen molar-refractivity contribution < 1.29 is 18.0 Å². The molecule has 0 unspecified atom stereocenters. The number of nitrogens with zero attached hydrogens (tertiary/aromatic N) is 2. The van der Waals surface area contributed by atoms with Crippen LogP contribution in [0.2, 0.25) is 10.0 Å². The van der Waals surface area contributed by atoms with Crippen molar-refractivity contribution in [2.75, 3.05) is 17.4 Å². The van der Waals surface area contributed by atoms with Gasteiger partial charge < -0.3 is 10.2 Å². The van der Waals surface area contributed by atoms with E-state index in [4.69, 9.17) is 23.2 Å². The molecule has 4 aromatic carbocycles. The molecule has 0 aliphatic rings. The van der Waals surface area contributed by atoms with E-state index in [9.17, 15) is 18.0 Å². The van der Waals surface area contributed by atoms with Crippen LogP contribution in [-0.4, -0.2) is 44.3 Å². The molecule has 1 atom stereocenters. The molecule has 7 nitrogen and oxygen atoms in total. The maximum absolute atomic E-state index is 14.6. The smallest absolute Gasteiger partial charge is 0.264 e. The summed E-state index contributed by atoms with van der Waals surface area (Å²) in [6.07, 6.45) is 0.189. The van der Waals surface area contributed by atoms with E-state index in [0.29, 0.717) is 33.4 Å². The van der Waals surface area contributed by atoms with Crippen molar-refractivity contribution in [2.45, 2.75) is 51.6 Å². The van der Waals surface area contributed by atoms with Gasteiger partial charge in [0.05, 0.1) is 10.6 Å². The molecule has 0 radical (unpaired) electrons. The van der Waals surface area contributed by atoms with Crippen molar-refractivity contribution in [2.24, 2.45) is 0 Å². The monoisotopic (exact) mass is 665 g/mol. The fourth-order valence-electron chi connectivity index (χ4n) is 5.04. The predicted molar refractivity (Wildman–Crippen MR) is 181 cm³/mol. The molecule has 0 aliphatic carbocycles. The zero-order valence-corrected chi connectivity index (χ0v) is 28.1. The Labute approximate surface area is 275 Å². The highest BCUT2D eigenvalue weighted by Crippen LogP contribution is 2.31. The number of carbonyl (C=O) groups is 2. The predicted octanol–water partition coefficient (Wildman–Crippen LogP) is 6.89. The number of carbonyl (C=O) groups excluding carboxylic acids is 2. The summed E-state index contributed by atoms with van der Waals surface area (Å²) in [6, 6.07) is 25.3. The highest BCUT2D eigenvalue weighted by atomic mass is 35.5.